The molecular formula is C23H25N3O5S. The molecule has 1 aromatic heterocycles. The van der Waals surface area contributed by atoms with Crippen LogP contribution in [0.4, 0.5) is 0 Å². The Morgan fingerprint density at radius 1 is 1.00 bits per heavy atom. The van der Waals surface area contributed by atoms with Gasteiger partial charge in [-0.25, -0.2) is 8.42 Å². The number of piperazine rings is 1. The Hall–Kier alpha value is -2.88. The summed E-state index contributed by atoms with van der Waals surface area (Å²) in [5.74, 6) is 1.05. The lowest BCUT2D eigenvalue weighted by Gasteiger charge is -2.36. The standard InChI is InChI=1S/C23H25N3O5S/c1-16(23(27)19-15-24-20-5-3-2-4-18(19)20)25-8-10-26(11-9-25)32(28,29)17-6-7-21-22(14-17)31-13-12-30-21/h2-7,14-16,24H,8-13H2,1H3/t16-/m1/s1. The first kappa shape index (κ1) is 21.0. The molecule has 0 aliphatic carbocycles. The van der Waals surface area contributed by atoms with E-state index in [1.807, 2.05) is 36.1 Å². The van der Waals surface area contributed by atoms with E-state index >= 15 is 0 Å². The molecular weight excluding hydrogens is 430 g/mol. The number of Topliss-reactive ketones (excluding diaryl/α,β-unsaturated/α-hetero) is 1. The van der Waals surface area contributed by atoms with Gasteiger partial charge in [0.25, 0.3) is 0 Å². The molecule has 2 aliphatic heterocycles. The van der Waals surface area contributed by atoms with Crippen LogP contribution >= 0.6 is 0 Å². The van der Waals surface area contributed by atoms with Crippen molar-refractivity contribution in [1.29, 1.82) is 0 Å². The summed E-state index contributed by atoms with van der Waals surface area (Å²) in [6.07, 6.45) is 1.76. The Kier molecular flexibility index (Phi) is 5.40. The highest BCUT2D eigenvalue weighted by molar-refractivity contribution is 7.89. The number of aromatic amines is 1. The molecule has 0 unspecified atom stereocenters. The third-order valence-electron chi connectivity index (χ3n) is 6.21. The van der Waals surface area contributed by atoms with E-state index in [0.717, 1.165) is 10.9 Å². The number of carbonyl (C=O) groups is 1. The second-order valence-corrected chi connectivity index (χ2v) is 9.97. The summed E-state index contributed by atoms with van der Waals surface area (Å²) in [7, 11) is -3.66. The third-order valence-corrected chi connectivity index (χ3v) is 8.10. The Morgan fingerprint density at radius 2 is 1.72 bits per heavy atom. The first-order valence-electron chi connectivity index (χ1n) is 10.7. The Bertz CT molecular complexity index is 1260. The zero-order valence-corrected chi connectivity index (χ0v) is 18.6. The SMILES string of the molecule is C[C@H](C(=O)c1c[nH]c2ccccc12)N1CCN(S(=O)(=O)c2ccc3c(c2)OCCO3)CC1. The van der Waals surface area contributed by atoms with Crippen molar-refractivity contribution in [2.75, 3.05) is 39.4 Å². The molecule has 0 radical (unpaired) electrons. The van der Waals surface area contributed by atoms with Crippen LogP contribution in [0.25, 0.3) is 10.9 Å². The fraction of sp³-hybridized carbons (Fsp3) is 0.348. The largest absolute Gasteiger partial charge is 0.486 e. The van der Waals surface area contributed by atoms with E-state index in [1.54, 1.807) is 18.3 Å². The van der Waals surface area contributed by atoms with Crippen LogP contribution in [0.2, 0.25) is 0 Å². The molecule has 3 aromatic rings. The summed E-state index contributed by atoms with van der Waals surface area (Å²) in [5.41, 5.74) is 1.60. The number of sulfonamides is 1. The zero-order chi connectivity index (χ0) is 22.3. The number of ketones is 1. The van der Waals surface area contributed by atoms with Crippen molar-refractivity contribution in [2.45, 2.75) is 17.9 Å². The first-order chi connectivity index (χ1) is 15.4. The van der Waals surface area contributed by atoms with Gasteiger partial charge in [0.15, 0.2) is 17.3 Å². The van der Waals surface area contributed by atoms with E-state index in [4.69, 9.17) is 9.47 Å². The van der Waals surface area contributed by atoms with E-state index < -0.39 is 10.0 Å². The number of nitrogens with one attached hydrogen (secondary N) is 1. The molecule has 9 heteroatoms. The maximum absolute atomic E-state index is 13.2. The van der Waals surface area contributed by atoms with Gasteiger partial charge in [-0.3, -0.25) is 9.69 Å². The fourth-order valence-electron chi connectivity index (χ4n) is 4.33. The molecule has 32 heavy (non-hydrogen) atoms. The normalized spacial score (nSPS) is 18.5. The Morgan fingerprint density at radius 3 is 2.50 bits per heavy atom. The lowest BCUT2D eigenvalue weighted by molar-refractivity contribution is 0.0784. The quantitative estimate of drug-likeness (QED) is 0.595. The van der Waals surface area contributed by atoms with E-state index in [0.29, 0.717) is 56.5 Å². The number of benzene rings is 2. The van der Waals surface area contributed by atoms with Gasteiger partial charge in [0.05, 0.1) is 10.9 Å². The van der Waals surface area contributed by atoms with E-state index in [-0.39, 0.29) is 16.7 Å². The minimum Gasteiger partial charge on any atom is -0.486 e. The zero-order valence-electron chi connectivity index (χ0n) is 17.8. The first-order valence-corrected chi connectivity index (χ1v) is 12.1. The Balaban J connectivity index is 1.27. The van der Waals surface area contributed by atoms with Gasteiger partial charge < -0.3 is 14.5 Å². The number of aromatic nitrogens is 1. The van der Waals surface area contributed by atoms with Gasteiger partial charge in [-0.2, -0.15) is 4.31 Å². The molecule has 1 atom stereocenters. The van der Waals surface area contributed by atoms with Gasteiger partial charge in [0.1, 0.15) is 13.2 Å². The van der Waals surface area contributed by atoms with Gasteiger partial charge in [-0.1, -0.05) is 18.2 Å². The minimum absolute atomic E-state index is 0.0330. The van der Waals surface area contributed by atoms with Crippen molar-refractivity contribution in [3.05, 3.63) is 54.2 Å². The van der Waals surface area contributed by atoms with Crippen LogP contribution in [0.5, 0.6) is 11.5 Å². The molecule has 2 aliphatic rings. The van der Waals surface area contributed by atoms with Gasteiger partial charge in [0, 0.05) is 54.9 Å². The van der Waals surface area contributed by atoms with Crippen LogP contribution in [0, 0.1) is 0 Å². The highest BCUT2D eigenvalue weighted by Crippen LogP contribution is 2.33. The highest BCUT2D eigenvalue weighted by atomic mass is 32.2. The number of rotatable bonds is 5. The molecule has 168 valence electrons. The highest BCUT2D eigenvalue weighted by Gasteiger charge is 2.33. The summed E-state index contributed by atoms with van der Waals surface area (Å²) in [6.45, 7) is 4.35. The number of carbonyl (C=O) groups excluding carboxylic acids is 1. The molecule has 0 amide bonds. The summed E-state index contributed by atoms with van der Waals surface area (Å²) in [4.78, 5) is 18.5. The summed E-state index contributed by atoms with van der Waals surface area (Å²) in [5, 5.41) is 0.907. The average Bonchev–Trinajstić information content (AvgIpc) is 3.27. The second-order valence-electron chi connectivity index (χ2n) is 8.03. The van der Waals surface area contributed by atoms with E-state index in [2.05, 4.69) is 4.98 Å². The van der Waals surface area contributed by atoms with Crippen molar-refractivity contribution in [3.63, 3.8) is 0 Å². The molecule has 8 nitrogen and oxygen atoms in total. The van der Waals surface area contributed by atoms with Gasteiger partial charge in [-0.15, -0.1) is 0 Å². The molecule has 0 saturated carbocycles. The lowest BCUT2D eigenvalue weighted by Crippen LogP contribution is -2.53. The molecule has 5 rings (SSSR count). The van der Waals surface area contributed by atoms with E-state index in [9.17, 15) is 13.2 Å². The number of H-pyrrole nitrogens is 1. The number of fused-ring (bicyclic) bond motifs is 2. The molecule has 1 N–H and O–H groups in total. The maximum Gasteiger partial charge on any atom is 0.243 e. The topological polar surface area (TPSA) is 91.9 Å². The van der Waals surface area contributed by atoms with Gasteiger partial charge in [-0.05, 0) is 25.1 Å². The smallest absolute Gasteiger partial charge is 0.243 e. The van der Waals surface area contributed by atoms with Crippen molar-refractivity contribution < 1.29 is 22.7 Å². The van der Waals surface area contributed by atoms with Crippen LogP contribution < -0.4 is 9.47 Å². The molecule has 0 bridgehead atoms. The third kappa shape index (κ3) is 3.66. The molecule has 3 heterocycles. The molecule has 1 fully saturated rings. The van der Waals surface area contributed by atoms with Crippen LogP contribution in [0.3, 0.4) is 0 Å². The van der Waals surface area contributed by atoms with Crippen molar-refractivity contribution in [2.24, 2.45) is 0 Å². The van der Waals surface area contributed by atoms with E-state index in [1.165, 1.54) is 10.4 Å². The van der Waals surface area contributed by atoms with Crippen LogP contribution in [0.1, 0.15) is 17.3 Å². The summed E-state index contributed by atoms with van der Waals surface area (Å²) < 4.78 is 38.8. The number of ether oxygens (including phenoxy) is 2. The molecule has 0 spiro atoms. The second kappa shape index (κ2) is 8.23. The van der Waals surface area contributed by atoms with Gasteiger partial charge >= 0.3 is 0 Å². The number of hydrogen-bond acceptors (Lipinski definition) is 6. The predicted octanol–water partition coefficient (Wildman–Crippen LogP) is 2.52. The summed E-state index contributed by atoms with van der Waals surface area (Å²) >= 11 is 0. The minimum atomic E-state index is -3.66. The van der Waals surface area contributed by atoms with Crippen molar-refractivity contribution in [1.82, 2.24) is 14.2 Å². The maximum atomic E-state index is 13.2. The lowest BCUT2D eigenvalue weighted by atomic mass is 10.0. The molecule has 2 aromatic carbocycles. The van der Waals surface area contributed by atoms with Crippen LogP contribution in [0.15, 0.2) is 53.6 Å². The average molecular weight is 456 g/mol. The van der Waals surface area contributed by atoms with Crippen LogP contribution in [-0.4, -0.2) is 73.8 Å². The predicted molar refractivity (Wildman–Crippen MR) is 120 cm³/mol. The van der Waals surface area contributed by atoms with Crippen molar-refractivity contribution >= 4 is 26.7 Å². The number of nitrogens with zero attached hydrogens (tertiary/aromatic N) is 2. The fourth-order valence-corrected chi connectivity index (χ4v) is 5.77. The monoisotopic (exact) mass is 455 g/mol. The van der Waals surface area contributed by atoms with Crippen LogP contribution in [-0.2, 0) is 10.0 Å². The summed E-state index contributed by atoms with van der Waals surface area (Å²) in [6, 6.07) is 12.1. The number of hydrogen-bond donors (Lipinski definition) is 1. The Labute approximate surface area is 186 Å². The molecule has 1 saturated heterocycles. The number of para-hydroxylation sites is 1. The van der Waals surface area contributed by atoms with Crippen molar-refractivity contribution in [3.8, 4) is 11.5 Å². The van der Waals surface area contributed by atoms with Gasteiger partial charge in [0.2, 0.25) is 10.0 Å².